The van der Waals surface area contributed by atoms with Gasteiger partial charge >= 0.3 is 12.1 Å². The number of carbonyl (C=O) groups is 3. The maximum Gasteiger partial charge on any atom is 0.410 e. The number of carbonyl (C=O) groups excluding carboxylic acids is 3. The second kappa shape index (κ2) is 9.64. The van der Waals surface area contributed by atoms with Gasteiger partial charge in [0.25, 0.3) is 5.91 Å². The molecule has 3 heterocycles. The molecule has 2 aromatic carbocycles. The Kier molecular flexibility index (Phi) is 6.39. The van der Waals surface area contributed by atoms with Crippen LogP contribution in [0.5, 0.6) is 5.75 Å². The van der Waals surface area contributed by atoms with Crippen LogP contribution in [-0.4, -0.2) is 44.9 Å². The molecule has 0 unspecified atom stereocenters. The van der Waals surface area contributed by atoms with Crippen molar-refractivity contribution >= 4 is 74.3 Å². The molecule has 5 N–H and O–H groups in total. The van der Waals surface area contributed by atoms with E-state index in [1.165, 1.54) is 29.5 Å². The first-order valence-electron chi connectivity index (χ1n) is 10.5. The zero-order valence-electron chi connectivity index (χ0n) is 18.3. The zero-order chi connectivity index (χ0) is 25.4. The number of urea groups is 1. The number of fused-ring (bicyclic) bond motifs is 2. The highest BCUT2D eigenvalue weighted by molar-refractivity contribution is 7.17. The van der Waals surface area contributed by atoms with Gasteiger partial charge in [-0.3, -0.25) is 10.1 Å². The van der Waals surface area contributed by atoms with Crippen molar-refractivity contribution in [1.82, 2.24) is 20.3 Å². The summed E-state index contributed by atoms with van der Waals surface area (Å²) in [5.41, 5.74) is 8.08. The highest BCUT2D eigenvalue weighted by atomic mass is 35.5. The topological polar surface area (TPSA) is 155 Å². The normalized spacial score (nSPS) is 12.8. The predicted octanol–water partition coefficient (Wildman–Crippen LogP) is 4.63. The van der Waals surface area contributed by atoms with Gasteiger partial charge in [0.15, 0.2) is 5.75 Å². The Bertz CT molecular complexity index is 1500. The molecule has 14 heteroatoms. The summed E-state index contributed by atoms with van der Waals surface area (Å²) >= 11 is 13.2. The van der Waals surface area contributed by atoms with Crippen LogP contribution in [0, 0.1) is 0 Å². The largest absolute Gasteiger partial charge is 0.410 e. The molecule has 0 bridgehead atoms. The van der Waals surface area contributed by atoms with Crippen molar-refractivity contribution in [3.05, 3.63) is 62.4 Å². The Balaban J connectivity index is 1.37. The summed E-state index contributed by atoms with van der Waals surface area (Å²) in [6.07, 6.45) is -0.611. The van der Waals surface area contributed by atoms with Gasteiger partial charge in [0.05, 0.1) is 6.54 Å². The summed E-state index contributed by atoms with van der Waals surface area (Å²) in [5.74, 6) is -0.0145. The lowest BCUT2D eigenvalue weighted by molar-refractivity contribution is 0.0736. The summed E-state index contributed by atoms with van der Waals surface area (Å²) in [7, 11) is 0. The second-order valence-corrected chi connectivity index (χ2v) is 9.80. The number of benzene rings is 2. The average Bonchev–Trinajstić information content (AvgIpc) is 3.41. The summed E-state index contributed by atoms with van der Waals surface area (Å²) in [6.45, 7) is 0.638. The molecule has 0 fully saturated rings. The molecule has 0 atom stereocenters. The Morgan fingerprint density at radius 1 is 1.06 bits per heavy atom. The summed E-state index contributed by atoms with van der Waals surface area (Å²) in [5, 5.41) is 16.9. The minimum Gasteiger partial charge on any atom is -0.407 e. The van der Waals surface area contributed by atoms with E-state index in [-0.39, 0.29) is 23.2 Å². The third-order valence-corrected chi connectivity index (χ3v) is 6.96. The Morgan fingerprint density at radius 2 is 1.81 bits per heavy atom. The van der Waals surface area contributed by atoms with Crippen LogP contribution in [0.2, 0.25) is 10.0 Å². The van der Waals surface area contributed by atoms with Crippen LogP contribution in [0.3, 0.4) is 0 Å². The number of H-pyrrole nitrogens is 1. The van der Waals surface area contributed by atoms with Crippen LogP contribution < -0.4 is 21.1 Å². The third kappa shape index (κ3) is 4.91. The van der Waals surface area contributed by atoms with E-state index in [0.717, 1.165) is 4.88 Å². The predicted molar refractivity (Wildman–Crippen MR) is 136 cm³/mol. The van der Waals surface area contributed by atoms with Gasteiger partial charge in [0.2, 0.25) is 0 Å². The molecular formula is C22H17Cl2N7O4S. The molecule has 0 spiro atoms. The molecule has 184 valence electrons. The van der Waals surface area contributed by atoms with Gasteiger partial charge in [0, 0.05) is 38.3 Å². The van der Waals surface area contributed by atoms with Gasteiger partial charge in [-0.2, -0.15) is 15.4 Å². The van der Waals surface area contributed by atoms with Crippen molar-refractivity contribution in [2.75, 3.05) is 17.2 Å². The highest BCUT2D eigenvalue weighted by Crippen LogP contribution is 2.43. The van der Waals surface area contributed by atoms with Gasteiger partial charge in [-0.1, -0.05) is 23.2 Å². The molecule has 11 nitrogen and oxygen atoms in total. The maximum absolute atomic E-state index is 13.1. The fourth-order valence-electron chi connectivity index (χ4n) is 3.89. The summed E-state index contributed by atoms with van der Waals surface area (Å²) < 4.78 is 5.24. The smallest absolute Gasteiger partial charge is 0.407 e. The SMILES string of the molecule is NC(=O)Oc1c(NC(=O)Nc2cc(Cl)cc(Cl)c2)sc2c1CCN(C(=O)c1ccc3n[nH]nc3c1)C2. The molecule has 4 aromatic rings. The van der Waals surface area contributed by atoms with E-state index < -0.39 is 12.1 Å². The van der Waals surface area contributed by atoms with Crippen molar-refractivity contribution in [1.29, 1.82) is 0 Å². The molecular weight excluding hydrogens is 529 g/mol. The summed E-state index contributed by atoms with van der Waals surface area (Å²) in [4.78, 5) is 39.8. The minimum atomic E-state index is -1.01. The Labute approximate surface area is 217 Å². The number of thiophene rings is 1. The molecule has 36 heavy (non-hydrogen) atoms. The molecule has 0 radical (unpaired) electrons. The van der Waals surface area contributed by atoms with Gasteiger partial charge in [0.1, 0.15) is 16.0 Å². The first-order valence-corrected chi connectivity index (χ1v) is 12.1. The van der Waals surface area contributed by atoms with Crippen LogP contribution in [0.4, 0.5) is 20.3 Å². The molecule has 1 aliphatic rings. The Hall–Kier alpha value is -3.87. The number of nitrogens with two attached hydrogens (primary N) is 1. The number of amides is 4. The second-order valence-electron chi connectivity index (χ2n) is 7.82. The lowest BCUT2D eigenvalue weighted by atomic mass is 10.1. The molecule has 2 aromatic heterocycles. The number of primary amides is 1. The van der Waals surface area contributed by atoms with Gasteiger partial charge < -0.3 is 20.7 Å². The first-order chi connectivity index (χ1) is 17.3. The van der Waals surface area contributed by atoms with Crippen LogP contribution >= 0.6 is 34.5 Å². The number of hydrogen-bond acceptors (Lipinski definition) is 7. The minimum absolute atomic E-state index is 0.165. The van der Waals surface area contributed by atoms with Gasteiger partial charge in [-0.15, -0.1) is 11.3 Å². The fraction of sp³-hybridized carbons (Fsp3) is 0.136. The lowest BCUT2D eigenvalue weighted by Crippen LogP contribution is -2.35. The molecule has 1 aliphatic heterocycles. The molecule has 4 amide bonds. The lowest BCUT2D eigenvalue weighted by Gasteiger charge is -2.27. The number of ether oxygens (including phenoxy) is 1. The maximum atomic E-state index is 13.1. The number of halogens is 2. The number of aromatic nitrogens is 3. The Morgan fingerprint density at radius 3 is 2.56 bits per heavy atom. The van der Waals surface area contributed by atoms with E-state index in [0.29, 0.717) is 50.9 Å². The number of anilines is 2. The number of nitrogens with one attached hydrogen (secondary N) is 3. The van der Waals surface area contributed by atoms with E-state index in [4.69, 9.17) is 33.7 Å². The monoisotopic (exact) mass is 545 g/mol. The number of rotatable bonds is 4. The van der Waals surface area contributed by atoms with Crippen molar-refractivity contribution in [2.45, 2.75) is 13.0 Å². The van der Waals surface area contributed by atoms with Gasteiger partial charge in [-0.25, -0.2) is 9.59 Å². The zero-order valence-corrected chi connectivity index (χ0v) is 20.6. The standard InChI is InChI=1S/C22H17Cl2N7O4S/c23-11-6-12(24)8-13(7-11)26-22(34)27-19-18(35-21(25)33)14-3-4-31(9-17(14)36-19)20(32)10-1-2-15-16(5-10)29-30-28-15/h1-2,5-8H,3-4,9H2,(H2,25,33)(H2,26,27,34)(H,28,29,30). The van der Waals surface area contributed by atoms with Crippen molar-refractivity contribution in [3.63, 3.8) is 0 Å². The summed E-state index contributed by atoms with van der Waals surface area (Å²) in [6, 6.07) is 9.09. The van der Waals surface area contributed by atoms with Crippen LogP contribution in [0.15, 0.2) is 36.4 Å². The van der Waals surface area contributed by atoms with E-state index in [9.17, 15) is 14.4 Å². The van der Waals surface area contributed by atoms with Crippen molar-refractivity contribution < 1.29 is 19.1 Å². The number of aromatic amines is 1. The fourth-order valence-corrected chi connectivity index (χ4v) is 5.60. The quantitative estimate of drug-likeness (QED) is 0.293. The van der Waals surface area contributed by atoms with Gasteiger partial charge in [-0.05, 0) is 42.8 Å². The van der Waals surface area contributed by atoms with E-state index in [1.807, 2.05) is 0 Å². The number of nitrogens with zero attached hydrogens (tertiary/aromatic N) is 3. The molecule has 0 saturated carbocycles. The van der Waals surface area contributed by atoms with E-state index in [2.05, 4.69) is 26.0 Å². The first kappa shape index (κ1) is 23.9. The van der Waals surface area contributed by atoms with Crippen molar-refractivity contribution in [2.24, 2.45) is 5.73 Å². The van der Waals surface area contributed by atoms with E-state index >= 15 is 0 Å². The number of hydrogen-bond donors (Lipinski definition) is 4. The van der Waals surface area contributed by atoms with E-state index in [1.54, 1.807) is 23.1 Å². The van der Waals surface area contributed by atoms with Crippen LogP contribution in [0.25, 0.3) is 11.0 Å². The average molecular weight is 546 g/mol. The van der Waals surface area contributed by atoms with Crippen LogP contribution in [0.1, 0.15) is 20.8 Å². The third-order valence-electron chi connectivity index (χ3n) is 5.41. The van der Waals surface area contributed by atoms with Crippen molar-refractivity contribution in [3.8, 4) is 5.75 Å². The highest BCUT2D eigenvalue weighted by Gasteiger charge is 2.30. The van der Waals surface area contributed by atoms with Crippen LogP contribution in [-0.2, 0) is 13.0 Å². The molecule has 5 rings (SSSR count). The molecule has 0 saturated heterocycles. The molecule has 0 aliphatic carbocycles.